The lowest BCUT2D eigenvalue weighted by Gasteiger charge is -2.06. The SMILES string of the molecule is O=C(COC(=O)c1csc(NCc2ccccc2)n1)NCc1ccccc1. The molecule has 0 atom stereocenters. The van der Waals surface area contributed by atoms with E-state index in [4.69, 9.17) is 4.74 Å². The number of rotatable bonds is 8. The maximum Gasteiger partial charge on any atom is 0.358 e. The van der Waals surface area contributed by atoms with E-state index in [9.17, 15) is 9.59 Å². The van der Waals surface area contributed by atoms with Gasteiger partial charge in [-0.15, -0.1) is 11.3 Å². The monoisotopic (exact) mass is 381 g/mol. The summed E-state index contributed by atoms with van der Waals surface area (Å²) in [7, 11) is 0. The average molecular weight is 381 g/mol. The second-order valence-electron chi connectivity index (χ2n) is 5.72. The van der Waals surface area contributed by atoms with Gasteiger partial charge in [-0.1, -0.05) is 60.7 Å². The Kier molecular flexibility index (Phi) is 6.54. The van der Waals surface area contributed by atoms with Crippen LogP contribution in [0.2, 0.25) is 0 Å². The molecule has 0 spiro atoms. The number of ether oxygens (including phenoxy) is 1. The number of benzene rings is 2. The highest BCUT2D eigenvalue weighted by molar-refractivity contribution is 7.13. The number of amides is 1. The molecule has 0 fully saturated rings. The van der Waals surface area contributed by atoms with Gasteiger partial charge in [0.15, 0.2) is 17.4 Å². The van der Waals surface area contributed by atoms with Crippen molar-refractivity contribution in [3.8, 4) is 0 Å². The van der Waals surface area contributed by atoms with Gasteiger partial charge in [-0.25, -0.2) is 9.78 Å². The third kappa shape index (κ3) is 5.93. The highest BCUT2D eigenvalue weighted by atomic mass is 32.1. The fourth-order valence-corrected chi connectivity index (χ4v) is 2.95. The molecule has 0 aliphatic carbocycles. The van der Waals surface area contributed by atoms with Crippen molar-refractivity contribution in [2.24, 2.45) is 0 Å². The van der Waals surface area contributed by atoms with Crippen LogP contribution in [0, 0.1) is 0 Å². The van der Waals surface area contributed by atoms with Crippen LogP contribution >= 0.6 is 11.3 Å². The number of nitrogens with one attached hydrogen (secondary N) is 2. The van der Waals surface area contributed by atoms with Gasteiger partial charge in [0, 0.05) is 18.5 Å². The third-order valence-electron chi connectivity index (χ3n) is 3.67. The maximum absolute atomic E-state index is 12.0. The van der Waals surface area contributed by atoms with Gasteiger partial charge in [0.25, 0.3) is 5.91 Å². The molecule has 0 aliphatic heterocycles. The predicted octanol–water partition coefficient (Wildman–Crippen LogP) is 3.23. The first-order valence-corrected chi connectivity index (χ1v) is 9.30. The molecule has 3 rings (SSSR count). The van der Waals surface area contributed by atoms with E-state index in [-0.39, 0.29) is 18.2 Å². The largest absolute Gasteiger partial charge is 0.451 e. The first-order valence-electron chi connectivity index (χ1n) is 8.42. The lowest BCUT2D eigenvalue weighted by molar-refractivity contribution is -0.124. The van der Waals surface area contributed by atoms with Crippen LogP contribution in [0.4, 0.5) is 5.13 Å². The van der Waals surface area contributed by atoms with E-state index >= 15 is 0 Å². The molecule has 0 bridgehead atoms. The van der Waals surface area contributed by atoms with E-state index in [1.165, 1.54) is 11.3 Å². The topological polar surface area (TPSA) is 80.3 Å². The summed E-state index contributed by atoms with van der Waals surface area (Å²) in [6, 6.07) is 19.4. The minimum Gasteiger partial charge on any atom is -0.451 e. The van der Waals surface area contributed by atoms with E-state index < -0.39 is 5.97 Å². The Hall–Kier alpha value is -3.19. The van der Waals surface area contributed by atoms with Crippen LogP contribution in [0.25, 0.3) is 0 Å². The molecular weight excluding hydrogens is 362 g/mol. The van der Waals surface area contributed by atoms with Gasteiger partial charge in [0.2, 0.25) is 0 Å². The zero-order valence-electron chi connectivity index (χ0n) is 14.6. The van der Waals surface area contributed by atoms with Crippen LogP contribution < -0.4 is 10.6 Å². The van der Waals surface area contributed by atoms with Gasteiger partial charge in [0.05, 0.1) is 0 Å². The Morgan fingerprint density at radius 3 is 2.22 bits per heavy atom. The molecule has 3 aromatic rings. The summed E-state index contributed by atoms with van der Waals surface area (Å²) in [6.45, 7) is 0.669. The van der Waals surface area contributed by atoms with Gasteiger partial charge in [-0.05, 0) is 11.1 Å². The Morgan fingerprint density at radius 1 is 0.926 bits per heavy atom. The highest BCUT2D eigenvalue weighted by Crippen LogP contribution is 2.17. The molecule has 0 saturated carbocycles. The van der Waals surface area contributed by atoms with E-state index in [1.54, 1.807) is 5.38 Å². The lowest BCUT2D eigenvalue weighted by Crippen LogP contribution is -2.28. The number of thiazole rings is 1. The Morgan fingerprint density at radius 2 is 1.56 bits per heavy atom. The van der Waals surface area contributed by atoms with Gasteiger partial charge in [-0.2, -0.15) is 0 Å². The summed E-state index contributed by atoms with van der Waals surface area (Å²) in [6.07, 6.45) is 0. The lowest BCUT2D eigenvalue weighted by atomic mass is 10.2. The molecule has 1 aromatic heterocycles. The van der Waals surface area contributed by atoms with Crippen molar-refractivity contribution in [1.82, 2.24) is 10.3 Å². The number of esters is 1. The first kappa shape index (κ1) is 18.6. The van der Waals surface area contributed by atoms with E-state index in [1.807, 2.05) is 60.7 Å². The number of carbonyl (C=O) groups excluding carboxylic acids is 2. The van der Waals surface area contributed by atoms with Gasteiger partial charge < -0.3 is 15.4 Å². The van der Waals surface area contributed by atoms with Crippen molar-refractivity contribution < 1.29 is 14.3 Å². The summed E-state index contributed by atoms with van der Waals surface area (Å²) in [5, 5.41) is 8.10. The predicted molar refractivity (Wildman–Crippen MR) is 104 cm³/mol. The zero-order chi connectivity index (χ0) is 18.9. The van der Waals surface area contributed by atoms with E-state index in [2.05, 4.69) is 15.6 Å². The molecule has 7 heteroatoms. The number of carbonyl (C=O) groups is 2. The number of aromatic nitrogens is 1. The maximum atomic E-state index is 12.0. The molecule has 2 aromatic carbocycles. The van der Waals surface area contributed by atoms with Gasteiger partial charge >= 0.3 is 5.97 Å². The quantitative estimate of drug-likeness (QED) is 0.586. The molecular formula is C20H19N3O3S. The van der Waals surface area contributed by atoms with E-state index in [0.717, 1.165) is 11.1 Å². The molecule has 138 valence electrons. The molecule has 0 aliphatic rings. The summed E-state index contributed by atoms with van der Waals surface area (Å²) >= 11 is 1.32. The first-order chi connectivity index (χ1) is 13.2. The Labute approximate surface area is 161 Å². The van der Waals surface area contributed by atoms with Crippen LogP contribution in [0.15, 0.2) is 66.0 Å². The molecule has 0 radical (unpaired) electrons. The van der Waals surface area contributed by atoms with Crippen molar-refractivity contribution in [3.63, 3.8) is 0 Å². The standard InChI is InChI=1S/C20H19N3O3S/c24-18(21-11-15-7-3-1-4-8-15)13-26-19(25)17-14-27-20(23-17)22-12-16-9-5-2-6-10-16/h1-10,14H,11-13H2,(H,21,24)(H,22,23). The van der Waals surface area contributed by atoms with Crippen molar-refractivity contribution in [2.45, 2.75) is 13.1 Å². The molecule has 0 saturated heterocycles. The summed E-state index contributed by atoms with van der Waals surface area (Å²) in [5.41, 5.74) is 2.28. The van der Waals surface area contributed by atoms with Crippen LogP contribution in [0.5, 0.6) is 0 Å². The second-order valence-corrected chi connectivity index (χ2v) is 6.57. The second kappa shape index (κ2) is 9.49. The molecule has 2 N–H and O–H groups in total. The van der Waals surface area contributed by atoms with Gasteiger partial charge in [-0.3, -0.25) is 4.79 Å². The molecule has 1 heterocycles. The number of hydrogen-bond acceptors (Lipinski definition) is 6. The summed E-state index contributed by atoms with van der Waals surface area (Å²) < 4.78 is 5.02. The van der Waals surface area contributed by atoms with Crippen molar-refractivity contribution in [3.05, 3.63) is 82.9 Å². The Bertz CT molecular complexity index is 882. The Balaban J connectivity index is 1.41. The molecule has 0 unspecified atom stereocenters. The smallest absolute Gasteiger partial charge is 0.358 e. The molecule has 27 heavy (non-hydrogen) atoms. The average Bonchev–Trinajstić information content (AvgIpc) is 3.20. The van der Waals surface area contributed by atoms with Crippen molar-refractivity contribution in [1.29, 1.82) is 0 Å². The van der Waals surface area contributed by atoms with Crippen molar-refractivity contribution in [2.75, 3.05) is 11.9 Å². The normalized spacial score (nSPS) is 10.2. The summed E-state index contributed by atoms with van der Waals surface area (Å²) in [4.78, 5) is 28.0. The number of nitrogens with zero attached hydrogens (tertiary/aromatic N) is 1. The number of hydrogen-bond donors (Lipinski definition) is 2. The third-order valence-corrected chi connectivity index (χ3v) is 4.47. The number of anilines is 1. The van der Waals surface area contributed by atoms with Crippen LogP contribution in [0.1, 0.15) is 21.6 Å². The van der Waals surface area contributed by atoms with Crippen LogP contribution in [-0.4, -0.2) is 23.5 Å². The van der Waals surface area contributed by atoms with Gasteiger partial charge in [0.1, 0.15) is 0 Å². The zero-order valence-corrected chi connectivity index (χ0v) is 15.4. The minimum atomic E-state index is -0.617. The molecule has 1 amide bonds. The highest BCUT2D eigenvalue weighted by Gasteiger charge is 2.14. The molecule has 6 nitrogen and oxygen atoms in total. The fourth-order valence-electron chi connectivity index (χ4n) is 2.27. The fraction of sp³-hybridized carbons (Fsp3) is 0.150. The minimum absolute atomic E-state index is 0.187. The van der Waals surface area contributed by atoms with Crippen LogP contribution in [0.3, 0.4) is 0 Å². The van der Waals surface area contributed by atoms with E-state index in [0.29, 0.717) is 18.2 Å². The van der Waals surface area contributed by atoms with Crippen LogP contribution in [-0.2, 0) is 22.6 Å². The summed E-state index contributed by atoms with van der Waals surface area (Å²) in [5.74, 6) is -0.973. The van der Waals surface area contributed by atoms with Crippen molar-refractivity contribution >= 4 is 28.3 Å².